The first-order valence-electron chi connectivity index (χ1n) is 9.57. The summed E-state index contributed by atoms with van der Waals surface area (Å²) in [7, 11) is -3.45. The summed E-state index contributed by atoms with van der Waals surface area (Å²) in [5, 5.41) is 3.09. The SMILES string of the molecule is Cc1ccc(Nc2nccc(C3CCCN3S(=O)(=O)Cc3ccccc3)n2)nc1. The Morgan fingerprint density at radius 1 is 1.10 bits per heavy atom. The van der Waals surface area contributed by atoms with Gasteiger partial charge in [0, 0.05) is 18.9 Å². The van der Waals surface area contributed by atoms with Crippen LogP contribution in [0.2, 0.25) is 0 Å². The van der Waals surface area contributed by atoms with Gasteiger partial charge in [0.25, 0.3) is 0 Å². The maximum atomic E-state index is 13.1. The summed E-state index contributed by atoms with van der Waals surface area (Å²) in [6.07, 6.45) is 4.97. The smallest absolute Gasteiger partial charge is 0.228 e. The van der Waals surface area contributed by atoms with Crippen molar-refractivity contribution < 1.29 is 8.42 Å². The highest BCUT2D eigenvalue weighted by molar-refractivity contribution is 7.88. The normalized spacial score (nSPS) is 17.3. The van der Waals surface area contributed by atoms with E-state index in [0.717, 1.165) is 24.0 Å². The van der Waals surface area contributed by atoms with Crippen molar-refractivity contribution >= 4 is 21.8 Å². The molecule has 7 nitrogen and oxygen atoms in total. The third-order valence-electron chi connectivity index (χ3n) is 4.92. The predicted molar refractivity (Wildman–Crippen MR) is 112 cm³/mol. The first-order chi connectivity index (χ1) is 14.0. The van der Waals surface area contributed by atoms with E-state index < -0.39 is 10.0 Å². The van der Waals surface area contributed by atoms with Crippen LogP contribution in [-0.4, -0.2) is 34.2 Å². The van der Waals surface area contributed by atoms with E-state index in [1.165, 1.54) is 0 Å². The second kappa shape index (κ2) is 8.26. The highest BCUT2D eigenvalue weighted by Crippen LogP contribution is 2.34. The third kappa shape index (κ3) is 4.60. The summed E-state index contributed by atoms with van der Waals surface area (Å²) in [5.41, 5.74) is 2.55. The van der Waals surface area contributed by atoms with E-state index in [1.54, 1.807) is 22.8 Å². The molecule has 1 fully saturated rings. The molecular formula is C21H23N5O2S. The number of hydrogen-bond donors (Lipinski definition) is 1. The predicted octanol–water partition coefficient (Wildman–Crippen LogP) is 3.59. The number of benzene rings is 1. The second-order valence-corrected chi connectivity index (χ2v) is 9.08. The highest BCUT2D eigenvalue weighted by atomic mass is 32.2. The van der Waals surface area contributed by atoms with Crippen molar-refractivity contribution in [2.45, 2.75) is 31.6 Å². The highest BCUT2D eigenvalue weighted by Gasteiger charge is 2.36. The Hall–Kier alpha value is -2.84. The molecule has 1 unspecified atom stereocenters. The van der Waals surface area contributed by atoms with Gasteiger partial charge in [0.05, 0.1) is 17.5 Å². The van der Waals surface area contributed by atoms with E-state index in [9.17, 15) is 8.42 Å². The minimum absolute atomic E-state index is 0.00613. The summed E-state index contributed by atoms with van der Waals surface area (Å²) >= 11 is 0. The van der Waals surface area contributed by atoms with E-state index in [2.05, 4.69) is 20.3 Å². The van der Waals surface area contributed by atoms with Gasteiger partial charge in [0.1, 0.15) is 5.82 Å². The van der Waals surface area contributed by atoms with Crippen LogP contribution in [-0.2, 0) is 15.8 Å². The van der Waals surface area contributed by atoms with Gasteiger partial charge < -0.3 is 5.32 Å². The van der Waals surface area contributed by atoms with Crippen LogP contribution < -0.4 is 5.32 Å². The maximum absolute atomic E-state index is 13.1. The lowest BCUT2D eigenvalue weighted by molar-refractivity contribution is 0.390. The number of sulfonamides is 1. The van der Waals surface area contributed by atoms with Crippen molar-refractivity contribution in [1.29, 1.82) is 0 Å². The Bertz CT molecular complexity index is 1070. The molecule has 0 amide bonds. The first kappa shape index (κ1) is 19.5. The summed E-state index contributed by atoms with van der Waals surface area (Å²) < 4.78 is 27.7. The maximum Gasteiger partial charge on any atom is 0.228 e. The van der Waals surface area contributed by atoms with Gasteiger partial charge in [-0.2, -0.15) is 4.31 Å². The van der Waals surface area contributed by atoms with Gasteiger partial charge in [0.15, 0.2) is 0 Å². The number of rotatable bonds is 6. The van der Waals surface area contributed by atoms with Crippen molar-refractivity contribution in [3.63, 3.8) is 0 Å². The van der Waals surface area contributed by atoms with Crippen molar-refractivity contribution in [3.8, 4) is 0 Å². The Labute approximate surface area is 170 Å². The minimum atomic E-state index is -3.45. The van der Waals surface area contributed by atoms with Gasteiger partial charge in [-0.3, -0.25) is 0 Å². The van der Waals surface area contributed by atoms with Gasteiger partial charge in [0.2, 0.25) is 16.0 Å². The number of nitrogens with one attached hydrogen (secondary N) is 1. The number of aryl methyl sites for hydroxylation is 1. The molecule has 1 aliphatic heterocycles. The molecule has 150 valence electrons. The molecule has 1 aromatic carbocycles. The van der Waals surface area contributed by atoms with Crippen LogP contribution in [0.5, 0.6) is 0 Å². The Morgan fingerprint density at radius 2 is 1.93 bits per heavy atom. The molecule has 0 bridgehead atoms. The zero-order valence-electron chi connectivity index (χ0n) is 16.2. The molecule has 0 spiro atoms. The average Bonchev–Trinajstić information content (AvgIpc) is 3.22. The van der Waals surface area contributed by atoms with Gasteiger partial charge >= 0.3 is 0 Å². The van der Waals surface area contributed by atoms with E-state index >= 15 is 0 Å². The Kier molecular flexibility index (Phi) is 5.55. The number of anilines is 2. The van der Waals surface area contributed by atoms with Crippen molar-refractivity contribution in [3.05, 3.63) is 77.7 Å². The standard InChI is InChI=1S/C21H23N5O2S/c1-16-9-10-20(23-14-16)25-21-22-12-11-18(24-21)19-8-5-13-26(19)29(27,28)15-17-6-3-2-4-7-17/h2-4,6-7,9-12,14,19H,5,8,13,15H2,1H3,(H,22,23,24,25). The van der Waals surface area contributed by atoms with Gasteiger partial charge in [-0.1, -0.05) is 36.4 Å². The number of nitrogens with zero attached hydrogens (tertiary/aromatic N) is 4. The molecule has 0 aliphatic carbocycles. The van der Waals surface area contributed by atoms with Crippen LogP contribution in [0.4, 0.5) is 11.8 Å². The van der Waals surface area contributed by atoms with E-state index in [1.807, 2.05) is 49.4 Å². The Balaban J connectivity index is 1.54. The van der Waals surface area contributed by atoms with Crippen LogP contribution in [0.3, 0.4) is 0 Å². The van der Waals surface area contributed by atoms with Crippen LogP contribution in [0.15, 0.2) is 60.9 Å². The van der Waals surface area contributed by atoms with E-state index in [4.69, 9.17) is 0 Å². The van der Waals surface area contributed by atoms with Gasteiger partial charge in [-0.05, 0) is 43.0 Å². The van der Waals surface area contributed by atoms with Gasteiger partial charge in [-0.25, -0.2) is 23.4 Å². The molecular weight excluding hydrogens is 386 g/mol. The van der Waals surface area contributed by atoms with Crippen molar-refractivity contribution in [2.75, 3.05) is 11.9 Å². The quantitative estimate of drug-likeness (QED) is 0.669. The fourth-order valence-electron chi connectivity index (χ4n) is 3.51. The van der Waals surface area contributed by atoms with E-state index in [-0.39, 0.29) is 11.8 Å². The molecule has 1 atom stereocenters. The zero-order valence-corrected chi connectivity index (χ0v) is 17.0. The molecule has 1 N–H and O–H groups in total. The lowest BCUT2D eigenvalue weighted by Gasteiger charge is -2.24. The Morgan fingerprint density at radius 3 is 2.69 bits per heavy atom. The lowest BCUT2D eigenvalue weighted by atomic mass is 10.1. The summed E-state index contributed by atoms with van der Waals surface area (Å²) in [4.78, 5) is 13.1. The van der Waals surface area contributed by atoms with Crippen molar-refractivity contribution in [2.24, 2.45) is 0 Å². The zero-order chi connectivity index (χ0) is 20.3. The van der Waals surface area contributed by atoms with Crippen LogP contribution in [0.1, 0.15) is 35.7 Å². The topological polar surface area (TPSA) is 88.1 Å². The molecule has 3 heterocycles. The largest absolute Gasteiger partial charge is 0.309 e. The number of hydrogen-bond acceptors (Lipinski definition) is 6. The lowest BCUT2D eigenvalue weighted by Crippen LogP contribution is -2.32. The molecule has 1 saturated heterocycles. The fraction of sp³-hybridized carbons (Fsp3) is 0.286. The van der Waals surface area contributed by atoms with E-state index in [0.29, 0.717) is 24.0 Å². The molecule has 0 radical (unpaired) electrons. The minimum Gasteiger partial charge on any atom is -0.309 e. The second-order valence-electron chi connectivity index (χ2n) is 7.16. The summed E-state index contributed by atoms with van der Waals surface area (Å²) in [6, 6.07) is 14.6. The van der Waals surface area contributed by atoms with Crippen LogP contribution in [0, 0.1) is 6.92 Å². The molecule has 8 heteroatoms. The molecule has 1 aliphatic rings. The van der Waals surface area contributed by atoms with Gasteiger partial charge in [-0.15, -0.1) is 0 Å². The molecule has 4 rings (SSSR count). The molecule has 29 heavy (non-hydrogen) atoms. The van der Waals surface area contributed by atoms with Crippen molar-refractivity contribution in [1.82, 2.24) is 19.3 Å². The monoisotopic (exact) mass is 409 g/mol. The molecule has 0 saturated carbocycles. The fourth-order valence-corrected chi connectivity index (χ4v) is 5.30. The number of pyridine rings is 1. The molecule has 2 aromatic heterocycles. The van der Waals surface area contributed by atoms with Crippen LogP contribution in [0.25, 0.3) is 0 Å². The number of aromatic nitrogens is 3. The average molecular weight is 410 g/mol. The third-order valence-corrected chi connectivity index (χ3v) is 6.77. The first-order valence-corrected chi connectivity index (χ1v) is 11.2. The summed E-state index contributed by atoms with van der Waals surface area (Å²) in [5.74, 6) is 1.05. The van der Waals surface area contributed by atoms with Crippen LogP contribution >= 0.6 is 0 Å². The molecule has 3 aromatic rings. The summed E-state index contributed by atoms with van der Waals surface area (Å²) in [6.45, 7) is 2.48.